The van der Waals surface area contributed by atoms with Crippen LogP contribution < -0.4 is 0 Å². The molecule has 1 aromatic heterocycles. The third kappa shape index (κ3) is 3.34. The summed E-state index contributed by atoms with van der Waals surface area (Å²) in [5.41, 5.74) is 0.427. The number of hydrogen-bond donors (Lipinski definition) is 0. The summed E-state index contributed by atoms with van der Waals surface area (Å²) in [6.45, 7) is 6.24. The number of nitrogens with zero attached hydrogens (tertiary/aromatic N) is 2. The van der Waals surface area contributed by atoms with Gasteiger partial charge in [0.1, 0.15) is 6.10 Å². The molecular formula is C20H30N2O2. The van der Waals surface area contributed by atoms with E-state index >= 15 is 0 Å². The highest BCUT2D eigenvalue weighted by atomic mass is 16.5. The Morgan fingerprint density at radius 3 is 2.71 bits per heavy atom. The molecule has 0 spiro atoms. The molecule has 2 fully saturated rings. The minimum atomic E-state index is -0.576. The Labute approximate surface area is 145 Å². The molecule has 0 radical (unpaired) electrons. The number of rotatable bonds is 4. The van der Waals surface area contributed by atoms with Gasteiger partial charge in [-0.1, -0.05) is 25.8 Å². The molecular weight excluding hydrogens is 300 g/mol. The second-order valence-electron chi connectivity index (χ2n) is 7.90. The highest BCUT2D eigenvalue weighted by Gasteiger charge is 2.46. The van der Waals surface area contributed by atoms with Gasteiger partial charge >= 0.3 is 5.97 Å². The van der Waals surface area contributed by atoms with E-state index in [1.165, 1.54) is 12.8 Å². The van der Waals surface area contributed by atoms with E-state index in [4.69, 9.17) is 4.74 Å². The van der Waals surface area contributed by atoms with E-state index in [0.29, 0.717) is 11.8 Å². The van der Waals surface area contributed by atoms with Gasteiger partial charge in [0.25, 0.3) is 0 Å². The smallest absolute Gasteiger partial charge is 0.316 e. The summed E-state index contributed by atoms with van der Waals surface area (Å²) in [5.74, 6) is 0.689. The first-order valence-corrected chi connectivity index (χ1v) is 9.32. The zero-order valence-corrected chi connectivity index (χ0v) is 15.2. The highest BCUT2D eigenvalue weighted by molar-refractivity contribution is 5.83. The molecule has 2 heterocycles. The molecule has 2 aliphatic rings. The monoisotopic (exact) mass is 330 g/mol. The van der Waals surface area contributed by atoms with Crippen LogP contribution >= 0.6 is 0 Å². The van der Waals surface area contributed by atoms with E-state index < -0.39 is 5.41 Å². The Bertz CT molecular complexity index is 556. The topological polar surface area (TPSA) is 42.4 Å². The average molecular weight is 330 g/mol. The van der Waals surface area contributed by atoms with Crippen molar-refractivity contribution in [2.24, 2.45) is 11.8 Å². The molecule has 132 valence electrons. The van der Waals surface area contributed by atoms with Crippen LogP contribution in [0.1, 0.15) is 51.5 Å². The lowest BCUT2D eigenvalue weighted by Crippen LogP contribution is -2.47. The van der Waals surface area contributed by atoms with Crippen molar-refractivity contribution < 1.29 is 9.53 Å². The number of pyridine rings is 1. The lowest BCUT2D eigenvalue weighted by Gasteiger charge is -2.39. The van der Waals surface area contributed by atoms with Crippen molar-refractivity contribution in [3.8, 4) is 0 Å². The normalized spacial score (nSPS) is 28.5. The van der Waals surface area contributed by atoms with E-state index in [-0.39, 0.29) is 12.1 Å². The molecule has 24 heavy (non-hydrogen) atoms. The summed E-state index contributed by atoms with van der Waals surface area (Å²) in [4.78, 5) is 19.9. The highest BCUT2D eigenvalue weighted by Crippen LogP contribution is 2.43. The quantitative estimate of drug-likeness (QED) is 0.794. The van der Waals surface area contributed by atoms with E-state index in [9.17, 15) is 4.79 Å². The number of likely N-dealkylation sites (tertiary alicyclic amines) is 1. The minimum Gasteiger partial charge on any atom is -0.461 e. The maximum absolute atomic E-state index is 13.3. The SMILES string of the molecule is CC1CN(C)CCC1OC(=O)C(C)(c1cccnc1)C1CCCC1. The molecule has 4 heteroatoms. The summed E-state index contributed by atoms with van der Waals surface area (Å²) in [6.07, 6.45) is 9.19. The summed E-state index contributed by atoms with van der Waals surface area (Å²) < 4.78 is 6.09. The van der Waals surface area contributed by atoms with Crippen LogP contribution in [0.25, 0.3) is 0 Å². The van der Waals surface area contributed by atoms with Crippen molar-refractivity contribution in [2.45, 2.75) is 57.5 Å². The number of aromatic nitrogens is 1. The van der Waals surface area contributed by atoms with Crippen molar-refractivity contribution in [1.82, 2.24) is 9.88 Å². The first-order chi connectivity index (χ1) is 11.5. The fraction of sp³-hybridized carbons (Fsp3) is 0.700. The molecule has 1 aliphatic heterocycles. The van der Waals surface area contributed by atoms with Crippen LogP contribution in [-0.4, -0.2) is 42.1 Å². The van der Waals surface area contributed by atoms with Crippen LogP contribution in [0.5, 0.6) is 0 Å². The standard InChI is InChI=1S/C20H30N2O2/c1-15-14-22(3)12-10-18(15)24-19(23)20(2,16-7-4-5-8-16)17-9-6-11-21-13-17/h6,9,11,13,15-16,18H,4-5,7-8,10,12,14H2,1-3H3. The second kappa shape index (κ2) is 7.22. The Kier molecular flexibility index (Phi) is 5.24. The Hall–Kier alpha value is -1.42. The van der Waals surface area contributed by atoms with Crippen molar-refractivity contribution in [1.29, 1.82) is 0 Å². The van der Waals surface area contributed by atoms with Gasteiger partial charge in [-0.05, 0) is 50.8 Å². The Morgan fingerprint density at radius 1 is 1.33 bits per heavy atom. The molecule has 0 aromatic carbocycles. The van der Waals surface area contributed by atoms with Crippen molar-refractivity contribution in [3.63, 3.8) is 0 Å². The van der Waals surface area contributed by atoms with E-state index in [0.717, 1.165) is 37.9 Å². The van der Waals surface area contributed by atoms with Gasteiger partial charge in [-0.2, -0.15) is 0 Å². The van der Waals surface area contributed by atoms with Gasteiger partial charge in [0, 0.05) is 31.4 Å². The van der Waals surface area contributed by atoms with Crippen LogP contribution in [0, 0.1) is 11.8 Å². The van der Waals surface area contributed by atoms with E-state index in [2.05, 4.69) is 30.8 Å². The number of carbonyl (C=O) groups is 1. The van der Waals surface area contributed by atoms with E-state index in [1.807, 2.05) is 18.3 Å². The van der Waals surface area contributed by atoms with Crippen LogP contribution in [0.2, 0.25) is 0 Å². The molecule has 0 bridgehead atoms. The number of ether oxygens (including phenoxy) is 1. The van der Waals surface area contributed by atoms with Gasteiger partial charge in [-0.25, -0.2) is 0 Å². The van der Waals surface area contributed by atoms with Crippen molar-refractivity contribution >= 4 is 5.97 Å². The Morgan fingerprint density at radius 2 is 2.08 bits per heavy atom. The summed E-state index contributed by atoms with van der Waals surface area (Å²) >= 11 is 0. The van der Waals surface area contributed by atoms with Crippen molar-refractivity contribution in [2.75, 3.05) is 20.1 Å². The van der Waals surface area contributed by atoms with Gasteiger partial charge < -0.3 is 9.64 Å². The summed E-state index contributed by atoms with van der Waals surface area (Å²) in [6, 6.07) is 3.96. The zero-order valence-electron chi connectivity index (χ0n) is 15.2. The number of hydrogen-bond acceptors (Lipinski definition) is 4. The fourth-order valence-electron chi connectivity index (χ4n) is 4.46. The molecule has 1 saturated heterocycles. The average Bonchev–Trinajstić information content (AvgIpc) is 3.12. The van der Waals surface area contributed by atoms with Crippen LogP contribution in [0.15, 0.2) is 24.5 Å². The molecule has 4 nitrogen and oxygen atoms in total. The van der Waals surface area contributed by atoms with Gasteiger partial charge in [0.15, 0.2) is 0 Å². The van der Waals surface area contributed by atoms with Gasteiger partial charge in [0.05, 0.1) is 5.41 Å². The molecule has 1 saturated carbocycles. The third-order valence-electron chi connectivity index (χ3n) is 6.15. The molecule has 1 aliphatic carbocycles. The van der Waals surface area contributed by atoms with Gasteiger partial charge in [-0.3, -0.25) is 9.78 Å². The molecule has 1 aromatic rings. The number of piperidine rings is 1. The van der Waals surface area contributed by atoms with Gasteiger partial charge in [0.2, 0.25) is 0 Å². The van der Waals surface area contributed by atoms with Crippen LogP contribution in [-0.2, 0) is 14.9 Å². The third-order valence-corrected chi connectivity index (χ3v) is 6.15. The predicted molar refractivity (Wildman–Crippen MR) is 94.7 cm³/mol. The zero-order chi connectivity index (χ0) is 17.2. The van der Waals surface area contributed by atoms with E-state index in [1.54, 1.807) is 6.20 Å². The van der Waals surface area contributed by atoms with Gasteiger partial charge in [-0.15, -0.1) is 0 Å². The largest absolute Gasteiger partial charge is 0.461 e. The lowest BCUT2D eigenvalue weighted by molar-refractivity contribution is -0.163. The first kappa shape index (κ1) is 17.4. The maximum atomic E-state index is 13.3. The van der Waals surface area contributed by atoms with Crippen LogP contribution in [0.4, 0.5) is 0 Å². The predicted octanol–water partition coefficient (Wildman–Crippen LogP) is 3.41. The minimum absolute atomic E-state index is 0.0334. The summed E-state index contributed by atoms with van der Waals surface area (Å²) in [7, 11) is 2.13. The first-order valence-electron chi connectivity index (χ1n) is 9.32. The Balaban J connectivity index is 1.81. The maximum Gasteiger partial charge on any atom is 0.316 e. The molecule has 3 unspecified atom stereocenters. The molecule has 3 rings (SSSR count). The number of carbonyl (C=O) groups excluding carboxylic acids is 1. The molecule has 3 atom stereocenters. The number of esters is 1. The fourth-order valence-corrected chi connectivity index (χ4v) is 4.46. The lowest BCUT2D eigenvalue weighted by atomic mass is 9.71. The second-order valence-corrected chi connectivity index (χ2v) is 7.90. The molecule has 0 amide bonds. The summed E-state index contributed by atoms with van der Waals surface area (Å²) in [5, 5.41) is 0. The van der Waals surface area contributed by atoms with Crippen LogP contribution in [0.3, 0.4) is 0 Å². The molecule has 0 N–H and O–H groups in total. The van der Waals surface area contributed by atoms with Crippen molar-refractivity contribution in [3.05, 3.63) is 30.1 Å².